The van der Waals surface area contributed by atoms with Crippen molar-refractivity contribution in [2.24, 2.45) is 16.8 Å². The van der Waals surface area contributed by atoms with Crippen LogP contribution in [0.1, 0.15) is 23.5 Å². The molecule has 0 radical (unpaired) electrons. The number of aryl methyl sites for hydroxylation is 1. The SMILES string of the molecule is Cc1csc(CN2CCC(C(N)=NO)CC2)n1. The number of hydrogen-bond donors (Lipinski definition) is 2. The smallest absolute Gasteiger partial charge is 0.142 e. The van der Waals surface area contributed by atoms with Gasteiger partial charge in [0.1, 0.15) is 10.8 Å². The molecule has 0 bridgehead atoms. The van der Waals surface area contributed by atoms with Crippen LogP contribution in [-0.2, 0) is 6.54 Å². The van der Waals surface area contributed by atoms with Crippen molar-refractivity contribution in [3.8, 4) is 0 Å². The molecule has 1 aromatic rings. The number of thiazole rings is 1. The van der Waals surface area contributed by atoms with Gasteiger partial charge in [-0.25, -0.2) is 4.98 Å². The molecule has 0 amide bonds. The van der Waals surface area contributed by atoms with Gasteiger partial charge in [0.05, 0.1) is 6.54 Å². The summed E-state index contributed by atoms with van der Waals surface area (Å²) in [5, 5.41) is 15.0. The number of nitrogens with zero attached hydrogens (tertiary/aromatic N) is 3. The van der Waals surface area contributed by atoms with Gasteiger partial charge in [-0.15, -0.1) is 11.3 Å². The summed E-state index contributed by atoms with van der Waals surface area (Å²) in [4.78, 5) is 6.84. The van der Waals surface area contributed by atoms with E-state index in [1.807, 2.05) is 6.92 Å². The lowest BCUT2D eigenvalue weighted by Gasteiger charge is -2.30. The number of hydrogen-bond acceptors (Lipinski definition) is 5. The minimum absolute atomic E-state index is 0.231. The summed E-state index contributed by atoms with van der Waals surface area (Å²) in [7, 11) is 0. The van der Waals surface area contributed by atoms with E-state index in [2.05, 4.69) is 20.4 Å². The highest BCUT2D eigenvalue weighted by Crippen LogP contribution is 2.20. The Kier molecular flexibility index (Phi) is 3.96. The summed E-state index contributed by atoms with van der Waals surface area (Å²) in [5.41, 5.74) is 6.71. The highest BCUT2D eigenvalue weighted by Gasteiger charge is 2.22. The zero-order valence-electron chi connectivity index (χ0n) is 9.96. The van der Waals surface area contributed by atoms with Crippen LogP contribution in [0.4, 0.5) is 0 Å². The zero-order chi connectivity index (χ0) is 12.3. The van der Waals surface area contributed by atoms with Crippen molar-refractivity contribution in [1.29, 1.82) is 0 Å². The Hall–Kier alpha value is -1.14. The number of aromatic nitrogens is 1. The third kappa shape index (κ3) is 3.17. The molecule has 94 valence electrons. The number of likely N-dealkylation sites (tertiary alicyclic amines) is 1. The maximum atomic E-state index is 8.63. The molecule has 1 fully saturated rings. The Balaban J connectivity index is 1.83. The average Bonchev–Trinajstić information content (AvgIpc) is 2.75. The lowest BCUT2D eigenvalue weighted by atomic mass is 9.96. The molecule has 5 nitrogen and oxygen atoms in total. The van der Waals surface area contributed by atoms with Crippen molar-refractivity contribution in [2.75, 3.05) is 13.1 Å². The first-order chi connectivity index (χ1) is 8.19. The molecule has 2 rings (SSSR count). The molecule has 1 aliphatic heterocycles. The lowest BCUT2D eigenvalue weighted by Crippen LogP contribution is -2.38. The minimum Gasteiger partial charge on any atom is -0.409 e. The van der Waals surface area contributed by atoms with E-state index in [1.165, 1.54) is 5.01 Å². The third-order valence-corrected chi connectivity index (χ3v) is 4.10. The van der Waals surface area contributed by atoms with Crippen LogP contribution in [0.15, 0.2) is 10.5 Å². The molecule has 3 N–H and O–H groups in total. The fourth-order valence-corrected chi connectivity index (χ4v) is 2.95. The van der Waals surface area contributed by atoms with Gasteiger partial charge in [0, 0.05) is 17.0 Å². The number of rotatable bonds is 3. The Morgan fingerprint density at radius 2 is 2.35 bits per heavy atom. The molecule has 0 atom stereocenters. The van der Waals surface area contributed by atoms with Crippen LogP contribution in [0, 0.1) is 12.8 Å². The fourth-order valence-electron chi connectivity index (χ4n) is 2.14. The molecule has 0 spiro atoms. The van der Waals surface area contributed by atoms with Crippen LogP contribution >= 0.6 is 11.3 Å². The van der Waals surface area contributed by atoms with Gasteiger partial charge in [0.2, 0.25) is 0 Å². The third-order valence-electron chi connectivity index (χ3n) is 3.15. The van der Waals surface area contributed by atoms with Crippen molar-refractivity contribution >= 4 is 17.2 Å². The van der Waals surface area contributed by atoms with Crippen LogP contribution in [0.3, 0.4) is 0 Å². The Morgan fingerprint density at radius 1 is 1.65 bits per heavy atom. The molecular weight excluding hydrogens is 236 g/mol. The van der Waals surface area contributed by atoms with E-state index < -0.39 is 0 Å². The Morgan fingerprint density at radius 3 is 2.88 bits per heavy atom. The second kappa shape index (κ2) is 5.46. The molecular formula is C11H18N4OS. The molecule has 1 saturated heterocycles. The van der Waals surface area contributed by atoms with Crippen LogP contribution in [0.25, 0.3) is 0 Å². The number of oxime groups is 1. The van der Waals surface area contributed by atoms with E-state index in [1.54, 1.807) is 11.3 Å². The Labute approximate surface area is 105 Å². The maximum absolute atomic E-state index is 8.63. The summed E-state index contributed by atoms with van der Waals surface area (Å²) < 4.78 is 0. The topological polar surface area (TPSA) is 74.7 Å². The average molecular weight is 254 g/mol. The van der Waals surface area contributed by atoms with Gasteiger partial charge in [-0.3, -0.25) is 4.90 Å². The van der Waals surface area contributed by atoms with Crippen LogP contribution in [-0.4, -0.2) is 34.0 Å². The molecule has 0 aliphatic carbocycles. The number of nitrogens with two attached hydrogens (primary N) is 1. The quantitative estimate of drug-likeness (QED) is 0.370. The summed E-state index contributed by atoms with van der Waals surface area (Å²) in [6, 6.07) is 0. The molecule has 0 saturated carbocycles. The second-order valence-electron chi connectivity index (χ2n) is 4.46. The van der Waals surface area contributed by atoms with Crippen LogP contribution < -0.4 is 5.73 Å². The van der Waals surface area contributed by atoms with E-state index in [0.29, 0.717) is 5.84 Å². The predicted molar refractivity (Wildman–Crippen MR) is 68.3 cm³/mol. The summed E-state index contributed by atoms with van der Waals surface area (Å²) in [6.07, 6.45) is 1.92. The summed E-state index contributed by atoms with van der Waals surface area (Å²) >= 11 is 1.71. The van der Waals surface area contributed by atoms with E-state index in [9.17, 15) is 0 Å². The summed E-state index contributed by atoms with van der Waals surface area (Å²) in [6.45, 7) is 4.91. The number of amidine groups is 1. The molecule has 6 heteroatoms. The van der Waals surface area contributed by atoms with Gasteiger partial charge in [-0.2, -0.15) is 0 Å². The van der Waals surface area contributed by atoms with Crippen molar-refractivity contribution in [2.45, 2.75) is 26.3 Å². The van der Waals surface area contributed by atoms with Gasteiger partial charge in [-0.05, 0) is 32.9 Å². The molecule has 0 aromatic carbocycles. The van der Waals surface area contributed by atoms with Gasteiger partial charge in [0.25, 0.3) is 0 Å². The van der Waals surface area contributed by atoms with Gasteiger partial charge >= 0.3 is 0 Å². The molecule has 1 aliphatic rings. The molecule has 17 heavy (non-hydrogen) atoms. The first-order valence-electron chi connectivity index (χ1n) is 5.80. The first-order valence-corrected chi connectivity index (χ1v) is 6.68. The lowest BCUT2D eigenvalue weighted by molar-refractivity contribution is 0.198. The predicted octanol–water partition coefficient (Wildman–Crippen LogP) is 1.41. The van der Waals surface area contributed by atoms with Crippen molar-refractivity contribution in [1.82, 2.24) is 9.88 Å². The van der Waals surface area contributed by atoms with Crippen molar-refractivity contribution in [3.05, 3.63) is 16.1 Å². The van der Waals surface area contributed by atoms with E-state index in [0.717, 1.165) is 38.2 Å². The highest BCUT2D eigenvalue weighted by molar-refractivity contribution is 7.09. The van der Waals surface area contributed by atoms with Crippen molar-refractivity contribution in [3.63, 3.8) is 0 Å². The van der Waals surface area contributed by atoms with E-state index in [4.69, 9.17) is 10.9 Å². The molecule has 2 heterocycles. The minimum atomic E-state index is 0.231. The van der Waals surface area contributed by atoms with E-state index >= 15 is 0 Å². The van der Waals surface area contributed by atoms with E-state index in [-0.39, 0.29) is 5.92 Å². The monoisotopic (exact) mass is 254 g/mol. The standard InChI is InChI=1S/C11H18N4OS/c1-8-7-17-10(13-8)6-15-4-2-9(3-5-15)11(12)14-16/h7,9,16H,2-6H2,1H3,(H2,12,14). The summed E-state index contributed by atoms with van der Waals surface area (Å²) in [5.74, 6) is 0.601. The highest BCUT2D eigenvalue weighted by atomic mass is 32.1. The number of piperidine rings is 1. The largest absolute Gasteiger partial charge is 0.409 e. The Bertz CT molecular complexity index is 396. The van der Waals surface area contributed by atoms with Crippen molar-refractivity contribution < 1.29 is 5.21 Å². The first kappa shape index (κ1) is 12.3. The molecule has 0 unspecified atom stereocenters. The van der Waals surface area contributed by atoms with Gasteiger partial charge in [-0.1, -0.05) is 5.16 Å². The van der Waals surface area contributed by atoms with Gasteiger partial charge in [0.15, 0.2) is 0 Å². The van der Waals surface area contributed by atoms with Crippen LogP contribution in [0.5, 0.6) is 0 Å². The zero-order valence-corrected chi connectivity index (χ0v) is 10.8. The molecule has 1 aromatic heterocycles. The second-order valence-corrected chi connectivity index (χ2v) is 5.40. The fraction of sp³-hybridized carbons (Fsp3) is 0.636. The normalized spacial score (nSPS) is 19.7. The van der Waals surface area contributed by atoms with Gasteiger partial charge < -0.3 is 10.9 Å². The van der Waals surface area contributed by atoms with Crippen LogP contribution in [0.2, 0.25) is 0 Å². The maximum Gasteiger partial charge on any atom is 0.142 e.